The molecule has 0 amide bonds. The normalized spacial score (nSPS) is 24.4. The number of rotatable bonds is 3. The first kappa shape index (κ1) is 11.2. The molecule has 80 valence electrons. The van der Waals surface area contributed by atoms with Gasteiger partial charge in [0.1, 0.15) is 11.8 Å². The molecule has 1 saturated carbocycles. The summed E-state index contributed by atoms with van der Waals surface area (Å²) in [5, 5.41) is 0. The summed E-state index contributed by atoms with van der Waals surface area (Å²) < 4.78 is 4.79. The lowest BCUT2D eigenvalue weighted by molar-refractivity contribution is -0.148. The summed E-state index contributed by atoms with van der Waals surface area (Å²) in [7, 11) is 0. The zero-order valence-corrected chi connectivity index (χ0v) is 8.49. The van der Waals surface area contributed by atoms with Crippen molar-refractivity contribution in [1.82, 2.24) is 0 Å². The molecule has 2 atom stereocenters. The molecule has 4 nitrogen and oxygen atoms in total. The summed E-state index contributed by atoms with van der Waals surface area (Å²) >= 11 is 0. The molecular weight excluding hydrogens is 182 g/mol. The Kier molecular flexibility index (Phi) is 4.07. The summed E-state index contributed by atoms with van der Waals surface area (Å²) in [6, 6.07) is -0.761. The number of ether oxygens (including phenoxy) is 1. The van der Waals surface area contributed by atoms with E-state index < -0.39 is 12.0 Å². The van der Waals surface area contributed by atoms with Crippen molar-refractivity contribution in [3.05, 3.63) is 0 Å². The van der Waals surface area contributed by atoms with Gasteiger partial charge in [-0.1, -0.05) is 6.42 Å². The van der Waals surface area contributed by atoms with E-state index in [2.05, 4.69) is 0 Å². The maximum Gasteiger partial charge on any atom is 0.323 e. The van der Waals surface area contributed by atoms with E-state index in [1.165, 1.54) is 0 Å². The summed E-state index contributed by atoms with van der Waals surface area (Å²) in [6.45, 7) is 2.04. The van der Waals surface area contributed by atoms with Gasteiger partial charge in [0.2, 0.25) is 0 Å². The Morgan fingerprint density at radius 1 is 1.64 bits per heavy atom. The van der Waals surface area contributed by atoms with E-state index in [0.29, 0.717) is 13.0 Å². The zero-order chi connectivity index (χ0) is 10.6. The average molecular weight is 199 g/mol. The van der Waals surface area contributed by atoms with Crippen molar-refractivity contribution in [3.8, 4) is 0 Å². The number of nitrogens with two attached hydrogens (primary N) is 1. The van der Waals surface area contributed by atoms with E-state index in [4.69, 9.17) is 10.5 Å². The summed E-state index contributed by atoms with van der Waals surface area (Å²) in [5.74, 6) is -0.660. The van der Waals surface area contributed by atoms with Gasteiger partial charge in [-0.15, -0.1) is 0 Å². The highest BCUT2D eigenvalue weighted by Gasteiger charge is 2.32. The fourth-order valence-electron chi connectivity index (χ4n) is 1.79. The number of Topliss-reactive ketones (excluding diaryl/α,β-unsaturated/α-hetero) is 1. The monoisotopic (exact) mass is 199 g/mol. The van der Waals surface area contributed by atoms with Crippen molar-refractivity contribution in [3.63, 3.8) is 0 Å². The van der Waals surface area contributed by atoms with Gasteiger partial charge in [0, 0.05) is 12.3 Å². The molecule has 0 radical (unpaired) electrons. The molecule has 4 heteroatoms. The second kappa shape index (κ2) is 5.10. The summed E-state index contributed by atoms with van der Waals surface area (Å²) in [4.78, 5) is 22.7. The zero-order valence-electron chi connectivity index (χ0n) is 8.49. The molecule has 0 spiro atoms. The largest absolute Gasteiger partial charge is 0.465 e. The van der Waals surface area contributed by atoms with Crippen molar-refractivity contribution in [1.29, 1.82) is 0 Å². The van der Waals surface area contributed by atoms with Crippen LogP contribution in [0, 0.1) is 5.92 Å². The van der Waals surface area contributed by atoms with E-state index >= 15 is 0 Å². The number of hydrogen-bond acceptors (Lipinski definition) is 4. The Labute approximate surface area is 83.8 Å². The molecule has 0 bridgehead atoms. The minimum absolute atomic E-state index is 0.108. The van der Waals surface area contributed by atoms with Crippen molar-refractivity contribution >= 4 is 11.8 Å². The van der Waals surface area contributed by atoms with Crippen LogP contribution in [0.2, 0.25) is 0 Å². The minimum atomic E-state index is -0.761. The standard InChI is InChI=1S/C10H17NO3/c1-2-14-10(13)9(11)7-5-3-4-6-8(7)12/h7,9H,2-6,11H2,1H3/t7-,9+/m1/s1. The Bertz CT molecular complexity index is 227. The van der Waals surface area contributed by atoms with Crippen LogP contribution in [0.1, 0.15) is 32.6 Å². The molecule has 0 saturated heterocycles. The van der Waals surface area contributed by atoms with Gasteiger partial charge in [0.05, 0.1) is 6.61 Å². The van der Waals surface area contributed by atoms with E-state index in [0.717, 1.165) is 19.3 Å². The SMILES string of the molecule is CCOC(=O)[C@@H](N)[C@@H]1CCCCC1=O. The molecule has 1 aliphatic carbocycles. The number of esters is 1. The van der Waals surface area contributed by atoms with Crippen LogP contribution in [0.25, 0.3) is 0 Å². The van der Waals surface area contributed by atoms with Gasteiger partial charge in [-0.2, -0.15) is 0 Å². The van der Waals surface area contributed by atoms with Gasteiger partial charge in [-0.25, -0.2) is 0 Å². The molecule has 1 aliphatic rings. The fraction of sp³-hybridized carbons (Fsp3) is 0.800. The Balaban J connectivity index is 2.53. The minimum Gasteiger partial charge on any atom is -0.465 e. The van der Waals surface area contributed by atoms with Crippen LogP contribution in [0.3, 0.4) is 0 Å². The molecule has 0 unspecified atom stereocenters. The molecular formula is C10H17NO3. The van der Waals surface area contributed by atoms with Gasteiger partial charge in [-0.05, 0) is 19.8 Å². The second-order valence-electron chi connectivity index (χ2n) is 3.60. The molecule has 0 aliphatic heterocycles. The number of carbonyl (C=O) groups is 2. The maximum atomic E-state index is 11.5. The molecule has 0 aromatic carbocycles. The number of ketones is 1. The highest BCUT2D eigenvalue weighted by molar-refractivity contribution is 5.89. The van der Waals surface area contributed by atoms with Crippen LogP contribution in [-0.2, 0) is 14.3 Å². The van der Waals surface area contributed by atoms with Crippen LogP contribution < -0.4 is 5.73 Å². The van der Waals surface area contributed by atoms with Crippen molar-refractivity contribution < 1.29 is 14.3 Å². The molecule has 14 heavy (non-hydrogen) atoms. The van der Waals surface area contributed by atoms with E-state index in [9.17, 15) is 9.59 Å². The predicted octanol–water partition coefficient (Wildman–Crippen LogP) is 0.636. The van der Waals surface area contributed by atoms with Crippen LogP contribution in [0.4, 0.5) is 0 Å². The quantitative estimate of drug-likeness (QED) is 0.677. The lowest BCUT2D eigenvalue weighted by Crippen LogP contribution is -2.44. The van der Waals surface area contributed by atoms with Gasteiger partial charge < -0.3 is 10.5 Å². The van der Waals surface area contributed by atoms with Gasteiger partial charge in [0.25, 0.3) is 0 Å². The highest BCUT2D eigenvalue weighted by Crippen LogP contribution is 2.23. The lowest BCUT2D eigenvalue weighted by Gasteiger charge is -2.24. The van der Waals surface area contributed by atoms with Crippen LogP contribution in [-0.4, -0.2) is 24.4 Å². The van der Waals surface area contributed by atoms with Crippen molar-refractivity contribution in [2.75, 3.05) is 6.61 Å². The molecule has 2 N–H and O–H groups in total. The third kappa shape index (κ3) is 2.54. The average Bonchev–Trinajstić information content (AvgIpc) is 2.18. The Morgan fingerprint density at radius 2 is 2.36 bits per heavy atom. The van der Waals surface area contributed by atoms with Crippen LogP contribution >= 0.6 is 0 Å². The topological polar surface area (TPSA) is 69.4 Å². The van der Waals surface area contributed by atoms with Gasteiger partial charge in [-0.3, -0.25) is 9.59 Å². The molecule has 1 fully saturated rings. The third-order valence-electron chi connectivity index (χ3n) is 2.59. The van der Waals surface area contributed by atoms with Crippen molar-refractivity contribution in [2.24, 2.45) is 11.7 Å². The molecule has 0 aromatic heterocycles. The van der Waals surface area contributed by atoms with Gasteiger partial charge in [0.15, 0.2) is 0 Å². The Morgan fingerprint density at radius 3 is 2.93 bits per heavy atom. The maximum absolute atomic E-state index is 11.5. The van der Waals surface area contributed by atoms with Crippen LogP contribution in [0.5, 0.6) is 0 Å². The van der Waals surface area contributed by atoms with E-state index in [-0.39, 0.29) is 11.7 Å². The molecule has 0 aromatic rings. The number of carbonyl (C=O) groups excluding carboxylic acids is 2. The predicted molar refractivity (Wildman–Crippen MR) is 51.6 cm³/mol. The number of hydrogen-bond donors (Lipinski definition) is 1. The van der Waals surface area contributed by atoms with E-state index in [1.807, 2.05) is 0 Å². The van der Waals surface area contributed by atoms with Gasteiger partial charge >= 0.3 is 5.97 Å². The Hall–Kier alpha value is -0.900. The summed E-state index contributed by atoms with van der Waals surface area (Å²) in [6.07, 6.45) is 3.17. The van der Waals surface area contributed by atoms with E-state index in [1.54, 1.807) is 6.92 Å². The summed E-state index contributed by atoms with van der Waals surface area (Å²) in [5.41, 5.74) is 5.67. The second-order valence-corrected chi connectivity index (χ2v) is 3.60. The molecule has 1 rings (SSSR count). The highest BCUT2D eigenvalue weighted by atomic mass is 16.5. The third-order valence-corrected chi connectivity index (χ3v) is 2.59. The first-order valence-electron chi connectivity index (χ1n) is 5.11. The first-order valence-corrected chi connectivity index (χ1v) is 5.11. The smallest absolute Gasteiger partial charge is 0.323 e. The molecule has 0 heterocycles. The van der Waals surface area contributed by atoms with Crippen molar-refractivity contribution in [2.45, 2.75) is 38.6 Å². The van der Waals surface area contributed by atoms with Crippen LogP contribution in [0.15, 0.2) is 0 Å². The fourth-order valence-corrected chi connectivity index (χ4v) is 1.79. The first-order chi connectivity index (χ1) is 6.66. The lowest BCUT2D eigenvalue weighted by atomic mass is 9.83.